The van der Waals surface area contributed by atoms with E-state index in [9.17, 15) is 4.79 Å². The third-order valence-corrected chi connectivity index (χ3v) is 5.40. The molecule has 4 heteroatoms. The van der Waals surface area contributed by atoms with Crippen LogP contribution in [-0.4, -0.2) is 9.55 Å². The summed E-state index contributed by atoms with van der Waals surface area (Å²) in [6, 6.07) is 18.0. The van der Waals surface area contributed by atoms with Crippen molar-refractivity contribution in [2.45, 2.75) is 23.4 Å². The molecule has 0 saturated carbocycles. The fraction of sp³-hybridized carbons (Fsp3) is 0.176. The molecule has 1 aromatic heterocycles. The Morgan fingerprint density at radius 1 is 1.05 bits per heavy atom. The molecule has 1 aliphatic rings. The minimum atomic E-state index is 0.0639. The maximum absolute atomic E-state index is 12.7. The lowest BCUT2D eigenvalue weighted by Gasteiger charge is -2.15. The third kappa shape index (κ3) is 1.90. The van der Waals surface area contributed by atoms with Gasteiger partial charge < -0.3 is 0 Å². The predicted molar refractivity (Wildman–Crippen MR) is 85.8 cm³/mol. The first kappa shape index (κ1) is 12.7. The molecule has 0 unspecified atom stereocenters. The van der Waals surface area contributed by atoms with Crippen LogP contribution < -0.4 is 5.56 Å². The van der Waals surface area contributed by atoms with Gasteiger partial charge in [0, 0.05) is 0 Å². The Morgan fingerprint density at radius 2 is 1.76 bits per heavy atom. The molecule has 1 aliphatic heterocycles. The van der Waals surface area contributed by atoms with Crippen LogP contribution in [0.15, 0.2) is 64.5 Å². The summed E-state index contributed by atoms with van der Waals surface area (Å²) in [4.78, 5) is 17.4. The Kier molecular flexibility index (Phi) is 2.86. The Balaban J connectivity index is 1.90. The molecular formula is C17H14N2OS. The van der Waals surface area contributed by atoms with E-state index in [-0.39, 0.29) is 16.9 Å². The van der Waals surface area contributed by atoms with Crippen molar-refractivity contribution in [1.82, 2.24) is 9.55 Å². The second kappa shape index (κ2) is 4.74. The number of para-hydroxylation sites is 1. The molecule has 21 heavy (non-hydrogen) atoms. The SMILES string of the molecule is C[C@H]1[C@H](c2ccccc2)Sc2nc3ccccc3c(=O)n21. The number of hydrogen-bond acceptors (Lipinski definition) is 3. The van der Waals surface area contributed by atoms with Crippen LogP contribution >= 0.6 is 11.8 Å². The summed E-state index contributed by atoms with van der Waals surface area (Å²) in [6.07, 6.45) is 0. The molecule has 2 atom stereocenters. The van der Waals surface area contributed by atoms with Crippen molar-refractivity contribution in [3.63, 3.8) is 0 Å². The van der Waals surface area contributed by atoms with Gasteiger partial charge in [-0.3, -0.25) is 9.36 Å². The van der Waals surface area contributed by atoms with E-state index in [1.165, 1.54) is 5.56 Å². The summed E-state index contributed by atoms with van der Waals surface area (Å²) >= 11 is 1.68. The number of hydrogen-bond donors (Lipinski definition) is 0. The van der Waals surface area contributed by atoms with E-state index in [1.807, 2.05) is 47.0 Å². The Morgan fingerprint density at radius 3 is 2.57 bits per heavy atom. The average Bonchev–Trinajstić information content (AvgIpc) is 2.85. The molecule has 0 fully saturated rings. The van der Waals surface area contributed by atoms with E-state index < -0.39 is 0 Å². The van der Waals surface area contributed by atoms with Crippen molar-refractivity contribution in [3.05, 3.63) is 70.5 Å². The monoisotopic (exact) mass is 294 g/mol. The van der Waals surface area contributed by atoms with Crippen LogP contribution in [0.5, 0.6) is 0 Å². The fourth-order valence-electron chi connectivity index (χ4n) is 2.90. The average molecular weight is 294 g/mol. The second-order valence-electron chi connectivity index (χ2n) is 5.28. The number of fused-ring (bicyclic) bond motifs is 2. The van der Waals surface area contributed by atoms with Gasteiger partial charge in [-0.15, -0.1) is 0 Å². The molecule has 0 amide bonds. The fourth-order valence-corrected chi connectivity index (χ4v) is 4.26. The highest BCUT2D eigenvalue weighted by Crippen LogP contribution is 2.48. The summed E-state index contributed by atoms with van der Waals surface area (Å²) in [5.74, 6) is 0. The molecule has 4 rings (SSSR count). The molecule has 0 aliphatic carbocycles. The smallest absolute Gasteiger partial charge is 0.262 e. The molecular weight excluding hydrogens is 280 g/mol. The van der Waals surface area contributed by atoms with E-state index in [0.717, 1.165) is 10.7 Å². The quantitative estimate of drug-likeness (QED) is 0.640. The van der Waals surface area contributed by atoms with Gasteiger partial charge >= 0.3 is 0 Å². The topological polar surface area (TPSA) is 34.9 Å². The standard InChI is InChI=1S/C17H14N2OS/c1-11-15(12-7-3-2-4-8-12)21-17-18-14-10-6-5-9-13(14)16(20)19(11)17/h2-11,15H,1H3/t11-,15+/m0/s1. The van der Waals surface area contributed by atoms with E-state index >= 15 is 0 Å². The van der Waals surface area contributed by atoms with Gasteiger partial charge in [-0.1, -0.05) is 54.2 Å². The van der Waals surface area contributed by atoms with Gasteiger partial charge in [0.25, 0.3) is 5.56 Å². The van der Waals surface area contributed by atoms with Crippen LogP contribution in [-0.2, 0) is 0 Å². The maximum Gasteiger partial charge on any atom is 0.262 e. The zero-order chi connectivity index (χ0) is 14.4. The number of rotatable bonds is 1. The van der Waals surface area contributed by atoms with Crippen LogP contribution in [0.3, 0.4) is 0 Å². The van der Waals surface area contributed by atoms with Crippen LogP contribution in [0.25, 0.3) is 10.9 Å². The van der Waals surface area contributed by atoms with E-state index in [0.29, 0.717) is 5.39 Å². The largest absolute Gasteiger partial charge is 0.283 e. The minimum Gasteiger partial charge on any atom is -0.283 e. The van der Waals surface area contributed by atoms with Crippen molar-refractivity contribution >= 4 is 22.7 Å². The van der Waals surface area contributed by atoms with Crippen LogP contribution in [0, 0.1) is 0 Å². The number of benzene rings is 2. The minimum absolute atomic E-state index is 0.0639. The highest BCUT2D eigenvalue weighted by Gasteiger charge is 2.33. The highest BCUT2D eigenvalue weighted by atomic mass is 32.2. The maximum atomic E-state index is 12.7. The zero-order valence-electron chi connectivity index (χ0n) is 11.6. The van der Waals surface area contributed by atoms with Crippen molar-refractivity contribution in [2.24, 2.45) is 0 Å². The van der Waals surface area contributed by atoms with Gasteiger partial charge in [-0.2, -0.15) is 0 Å². The first-order valence-electron chi connectivity index (χ1n) is 6.98. The number of aromatic nitrogens is 2. The Bertz CT molecular complexity index is 873. The van der Waals surface area contributed by atoms with Gasteiger partial charge in [-0.05, 0) is 24.6 Å². The molecule has 2 aromatic carbocycles. The Hall–Kier alpha value is -2.07. The van der Waals surface area contributed by atoms with Gasteiger partial charge in [0.05, 0.1) is 22.2 Å². The molecule has 3 aromatic rings. The summed E-state index contributed by atoms with van der Waals surface area (Å²) in [5.41, 5.74) is 2.08. The van der Waals surface area contributed by atoms with Gasteiger partial charge in [-0.25, -0.2) is 4.98 Å². The number of thioether (sulfide) groups is 1. The highest BCUT2D eigenvalue weighted by molar-refractivity contribution is 7.99. The van der Waals surface area contributed by atoms with E-state index in [4.69, 9.17) is 0 Å². The summed E-state index contributed by atoms with van der Waals surface area (Å²) in [6.45, 7) is 2.10. The van der Waals surface area contributed by atoms with Crippen molar-refractivity contribution < 1.29 is 0 Å². The van der Waals surface area contributed by atoms with Crippen molar-refractivity contribution in [3.8, 4) is 0 Å². The number of nitrogens with zero attached hydrogens (tertiary/aromatic N) is 2. The summed E-state index contributed by atoms with van der Waals surface area (Å²) in [5, 5.41) is 1.76. The summed E-state index contributed by atoms with van der Waals surface area (Å²) in [7, 11) is 0. The van der Waals surface area contributed by atoms with Crippen LogP contribution in [0.2, 0.25) is 0 Å². The first-order valence-corrected chi connectivity index (χ1v) is 7.86. The molecule has 0 saturated heterocycles. The van der Waals surface area contributed by atoms with Crippen LogP contribution in [0.4, 0.5) is 0 Å². The molecule has 0 radical (unpaired) electrons. The predicted octanol–water partition coefficient (Wildman–Crippen LogP) is 3.80. The lowest BCUT2D eigenvalue weighted by molar-refractivity contribution is 0.500. The lowest BCUT2D eigenvalue weighted by Crippen LogP contribution is -2.23. The lowest BCUT2D eigenvalue weighted by atomic mass is 10.1. The first-order chi connectivity index (χ1) is 10.3. The summed E-state index contributed by atoms with van der Waals surface area (Å²) < 4.78 is 1.84. The van der Waals surface area contributed by atoms with E-state index in [1.54, 1.807) is 11.8 Å². The van der Waals surface area contributed by atoms with Crippen molar-refractivity contribution in [1.29, 1.82) is 0 Å². The second-order valence-corrected chi connectivity index (χ2v) is 6.39. The molecule has 0 bridgehead atoms. The van der Waals surface area contributed by atoms with Crippen LogP contribution in [0.1, 0.15) is 23.8 Å². The van der Waals surface area contributed by atoms with E-state index in [2.05, 4.69) is 24.0 Å². The molecule has 3 nitrogen and oxygen atoms in total. The van der Waals surface area contributed by atoms with Gasteiger partial charge in [0.15, 0.2) is 5.16 Å². The third-order valence-electron chi connectivity index (χ3n) is 3.98. The van der Waals surface area contributed by atoms with Gasteiger partial charge in [0.1, 0.15) is 0 Å². The molecule has 0 spiro atoms. The van der Waals surface area contributed by atoms with Gasteiger partial charge in [0.2, 0.25) is 0 Å². The molecule has 2 heterocycles. The van der Waals surface area contributed by atoms with Crippen molar-refractivity contribution in [2.75, 3.05) is 0 Å². The molecule has 104 valence electrons. The molecule has 0 N–H and O–H groups in total. The zero-order valence-corrected chi connectivity index (χ0v) is 12.4. The Labute approximate surface area is 126 Å². The normalized spacial score (nSPS) is 20.6.